The van der Waals surface area contributed by atoms with Crippen molar-refractivity contribution in [1.29, 1.82) is 0 Å². The van der Waals surface area contributed by atoms with Crippen molar-refractivity contribution in [3.8, 4) is 0 Å². The summed E-state index contributed by atoms with van der Waals surface area (Å²) in [5.74, 6) is 0. The maximum Gasteiger partial charge on any atom is 0.0625 e. The first-order chi connectivity index (χ1) is 10.2. The number of nitrogens with zero attached hydrogens (tertiary/aromatic N) is 1. The van der Waals surface area contributed by atoms with Crippen molar-refractivity contribution in [3.05, 3.63) is 60.2 Å². The molecular weight excluding hydrogens is 256 g/mol. The summed E-state index contributed by atoms with van der Waals surface area (Å²) in [4.78, 5) is 2.13. The van der Waals surface area contributed by atoms with Crippen LogP contribution in [-0.4, -0.2) is 14.1 Å². The Labute approximate surface area is 127 Å². The van der Waals surface area contributed by atoms with E-state index < -0.39 is 0 Å². The molecule has 0 bridgehead atoms. The molecule has 0 atom stereocenters. The van der Waals surface area contributed by atoms with E-state index in [1.165, 1.54) is 42.6 Å². The highest BCUT2D eigenvalue weighted by Gasteiger charge is 2.35. The smallest absolute Gasteiger partial charge is 0.0625 e. The lowest BCUT2D eigenvalue weighted by atomic mass is 9.88. The molecule has 2 aromatic carbocycles. The van der Waals surface area contributed by atoms with Gasteiger partial charge in [0, 0.05) is 25.5 Å². The molecule has 0 spiro atoms. The van der Waals surface area contributed by atoms with Crippen LogP contribution >= 0.6 is 0 Å². The molecule has 0 amide bonds. The third-order valence-corrected chi connectivity index (χ3v) is 4.55. The molecule has 0 aliphatic heterocycles. The van der Waals surface area contributed by atoms with E-state index in [2.05, 4.69) is 78.9 Å². The van der Waals surface area contributed by atoms with Crippen LogP contribution in [0.1, 0.15) is 31.2 Å². The highest BCUT2D eigenvalue weighted by atomic mass is 15.1. The molecule has 2 nitrogen and oxygen atoms in total. The van der Waals surface area contributed by atoms with Crippen molar-refractivity contribution < 1.29 is 0 Å². The number of benzene rings is 2. The van der Waals surface area contributed by atoms with Gasteiger partial charge < -0.3 is 10.2 Å². The van der Waals surface area contributed by atoms with Crippen LogP contribution in [0.25, 0.3) is 0 Å². The molecule has 1 aliphatic carbocycles. The third-order valence-electron chi connectivity index (χ3n) is 4.55. The van der Waals surface area contributed by atoms with Crippen molar-refractivity contribution in [3.63, 3.8) is 0 Å². The lowest BCUT2D eigenvalue weighted by Crippen LogP contribution is -2.32. The Hall–Kier alpha value is -1.96. The Morgan fingerprint density at radius 3 is 2.05 bits per heavy atom. The van der Waals surface area contributed by atoms with Crippen molar-refractivity contribution in [1.82, 2.24) is 0 Å². The Kier molecular flexibility index (Phi) is 3.87. The summed E-state index contributed by atoms with van der Waals surface area (Å²) in [6.07, 6.45) is 5.04. The summed E-state index contributed by atoms with van der Waals surface area (Å²) in [6, 6.07) is 19.6. The van der Waals surface area contributed by atoms with Crippen LogP contribution < -0.4 is 10.2 Å². The quantitative estimate of drug-likeness (QED) is 0.878. The van der Waals surface area contributed by atoms with Crippen LogP contribution in [0.15, 0.2) is 54.6 Å². The SMILES string of the molecule is CN(C)c1ccc(NC2(c3ccccc3)CCCC2)cc1. The number of rotatable bonds is 4. The zero-order valence-corrected chi connectivity index (χ0v) is 13.0. The number of hydrogen-bond donors (Lipinski definition) is 1. The van der Waals surface area contributed by atoms with Gasteiger partial charge in [-0.1, -0.05) is 43.2 Å². The second-order valence-electron chi connectivity index (χ2n) is 6.22. The molecule has 0 heterocycles. The highest BCUT2D eigenvalue weighted by Crippen LogP contribution is 2.41. The maximum atomic E-state index is 3.82. The Morgan fingerprint density at radius 2 is 1.48 bits per heavy atom. The molecule has 0 aromatic heterocycles. The van der Waals surface area contributed by atoms with E-state index >= 15 is 0 Å². The summed E-state index contributed by atoms with van der Waals surface area (Å²) in [5, 5.41) is 3.82. The molecule has 21 heavy (non-hydrogen) atoms. The van der Waals surface area contributed by atoms with Crippen LogP contribution in [0.3, 0.4) is 0 Å². The highest BCUT2D eigenvalue weighted by molar-refractivity contribution is 5.56. The van der Waals surface area contributed by atoms with Gasteiger partial charge >= 0.3 is 0 Å². The van der Waals surface area contributed by atoms with Crippen LogP contribution in [0, 0.1) is 0 Å². The van der Waals surface area contributed by atoms with Crippen LogP contribution in [-0.2, 0) is 5.54 Å². The first kappa shape index (κ1) is 14.0. The van der Waals surface area contributed by atoms with Crippen molar-refractivity contribution in [2.45, 2.75) is 31.2 Å². The molecule has 3 rings (SSSR count). The monoisotopic (exact) mass is 280 g/mol. The van der Waals surface area contributed by atoms with E-state index in [0.29, 0.717) is 0 Å². The van der Waals surface area contributed by atoms with E-state index in [1.54, 1.807) is 0 Å². The zero-order valence-electron chi connectivity index (χ0n) is 13.0. The topological polar surface area (TPSA) is 15.3 Å². The van der Waals surface area contributed by atoms with E-state index in [9.17, 15) is 0 Å². The van der Waals surface area contributed by atoms with Gasteiger partial charge in [0.25, 0.3) is 0 Å². The molecule has 0 saturated heterocycles. The molecule has 110 valence electrons. The molecule has 1 saturated carbocycles. The fourth-order valence-corrected chi connectivity index (χ4v) is 3.34. The van der Waals surface area contributed by atoms with Gasteiger partial charge in [0.2, 0.25) is 0 Å². The average molecular weight is 280 g/mol. The van der Waals surface area contributed by atoms with Gasteiger partial charge in [0.1, 0.15) is 0 Å². The standard InChI is InChI=1S/C19H24N2/c1-21(2)18-12-10-17(11-13-18)20-19(14-6-7-15-19)16-8-4-3-5-9-16/h3-5,8-13,20H,6-7,14-15H2,1-2H3. The van der Waals surface area contributed by atoms with Gasteiger partial charge in [0.05, 0.1) is 5.54 Å². The van der Waals surface area contributed by atoms with Crippen molar-refractivity contribution >= 4 is 11.4 Å². The fraction of sp³-hybridized carbons (Fsp3) is 0.368. The minimum Gasteiger partial charge on any atom is -0.378 e. The normalized spacial score (nSPS) is 16.7. The second-order valence-corrected chi connectivity index (χ2v) is 6.22. The van der Waals surface area contributed by atoms with Crippen molar-refractivity contribution in [2.24, 2.45) is 0 Å². The molecule has 1 fully saturated rings. The molecule has 0 radical (unpaired) electrons. The Bertz CT molecular complexity index is 566. The average Bonchev–Trinajstić information content (AvgIpc) is 2.98. The minimum atomic E-state index is 0.112. The summed E-state index contributed by atoms with van der Waals surface area (Å²) < 4.78 is 0. The molecule has 2 aromatic rings. The van der Waals surface area contributed by atoms with Crippen LogP contribution in [0.4, 0.5) is 11.4 Å². The van der Waals surface area contributed by atoms with Gasteiger partial charge in [-0.05, 0) is 42.7 Å². The largest absolute Gasteiger partial charge is 0.378 e. The lowest BCUT2D eigenvalue weighted by Gasteiger charge is -2.32. The van der Waals surface area contributed by atoms with Gasteiger partial charge in [-0.25, -0.2) is 0 Å². The molecule has 2 heteroatoms. The molecular formula is C19H24N2. The van der Waals surface area contributed by atoms with Crippen LogP contribution in [0.5, 0.6) is 0 Å². The van der Waals surface area contributed by atoms with Gasteiger partial charge in [-0.2, -0.15) is 0 Å². The van der Waals surface area contributed by atoms with E-state index in [0.717, 1.165) is 0 Å². The summed E-state index contributed by atoms with van der Waals surface area (Å²) >= 11 is 0. The Balaban J connectivity index is 1.86. The Morgan fingerprint density at radius 1 is 0.857 bits per heavy atom. The van der Waals surface area contributed by atoms with Gasteiger partial charge in [0.15, 0.2) is 0 Å². The van der Waals surface area contributed by atoms with Gasteiger partial charge in [-0.15, -0.1) is 0 Å². The van der Waals surface area contributed by atoms with E-state index in [4.69, 9.17) is 0 Å². The first-order valence-corrected chi connectivity index (χ1v) is 7.81. The lowest BCUT2D eigenvalue weighted by molar-refractivity contribution is 0.509. The summed E-state index contributed by atoms with van der Waals surface area (Å²) in [6.45, 7) is 0. The molecule has 0 unspecified atom stereocenters. The van der Waals surface area contributed by atoms with E-state index in [-0.39, 0.29) is 5.54 Å². The van der Waals surface area contributed by atoms with Crippen molar-refractivity contribution in [2.75, 3.05) is 24.3 Å². The van der Waals surface area contributed by atoms with Crippen LogP contribution in [0.2, 0.25) is 0 Å². The number of anilines is 2. The molecule has 1 aliphatic rings. The number of hydrogen-bond acceptors (Lipinski definition) is 2. The predicted molar refractivity (Wildman–Crippen MR) is 91.0 cm³/mol. The van der Waals surface area contributed by atoms with Gasteiger partial charge in [-0.3, -0.25) is 0 Å². The fourth-order valence-electron chi connectivity index (χ4n) is 3.34. The number of nitrogens with one attached hydrogen (secondary N) is 1. The second kappa shape index (κ2) is 5.80. The first-order valence-electron chi connectivity index (χ1n) is 7.81. The molecule has 1 N–H and O–H groups in total. The summed E-state index contributed by atoms with van der Waals surface area (Å²) in [7, 11) is 4.15. The third kappa shape index (κ3) is 2.90. The minimum absolute atomic E-state index is 0.112. The predicted octanol–water partition coefficient (Wildman–Crippen LogP) is 4.63. The zero-order chi connectivity index (χ0) is 14.7. The maximum absolute atomic E-state index is 3.82. The van der Waals surface area contributed by atoms with E-state index in [1.807, 2.05) is 0 Å². The summed E-state index contributed by atoms with van der Waals surface area (Å²) in [5.41, 5.74) is 3.98.